The molecule has 18 heavy (non-hydrogen) atoms. The number of carboxylic acids is 1. The van der Waals surface area contributed by atoms with E-state index in [0.29, 0.717) is 6.04 Å². The number of carbonyl (C=O) groups is 1. The van der Waals surface area contributed by atoms with Crippen LogP contribution in [0.2, 0.25) is 0 Å². The number of hydrogen-bond acceptors (Lipinski definition) is 3. The van der Waals surface area contributed by atoms with Crippen molar-refractivity contribution in [1.82, 2.24) is 4.90 Å². The minimum atomic E-state index is -0.996. The zero-order valence-electron chi connectivity index (χ0n) is 11.1. The standard InChI is InChI=1S/C14H21NO3/c1-10-11(8-13(18-10)14(16)17)9-15(2)12-6-4-3-5-7-12/h8,12H,3-7,9H2,1-2H3,(H,16,17). The zero-order valence-corrected chi connectivity index (χ0v) is 11.1. The van der Waals surface area contributed by atoms with Crippen LogP contribution in [0.5, 0.6) is 0 Å². The Morgan fingerprint density at radius 3 is 2.67 bits per heavy atom. The van der Waals surface area contributed by atoms with E-state index in [9.17, 15) is 4.79 Å². The molecule has 0 atom stereocenters. The minimum absolute atomic E-state index is 0.0412. The van der Waals surface area contributed by atoms with E-state index in [1.165, 1.54) is 32.1 Å². The summed E-state index contributed by atoms with van der Waals surface area (Å²) in [6.45, 7) is 2.60. The van der Waals surface area contributed by atoms with E-state index < -0.39 is 5.97 Å². The molecule has 2 rings (SSSR count). The summed E-state index contributed by atoms with van der Waals surface area (Å²) < 4.78 is 5.24. The first-order valence-electron chi connectivity index (χ1n) is 6.61. The fourth-order valence-corrected chi connectivity index (χ4v) is 2.70. The number of hydrogen-bond donors (Lipinski definition) is 1. The van der Waals surface area contributed by atoms with Crippen molar-refractivity contribution in [3.63, 3.8) is 0 Å². The van der Waals surface area contributed by atoms with Gasteiger partial charge in [0, 0.05) is 18.2 Å². The number of furan rings is 1. The van der Waals surface area contributed by atoms with Crippen molar-refractivity contribution in [2.75, 3.05) is 7.05 Å². The predicted octanol–water partition coefficient (Wildman–Crippen LogP) is 3.05. The SMILES string of the molecule is Cc1oc(C(=O)O)cc1CN(C)C1CCCCC1. The zero-order chi connectivity index (χ0) is 13.1. The van der Waals surface area contributed by atoms with Crippen LogP contribution in [0, 0.1) is 6.92 Å². The van der Waals surface area contributed by atoms with Crippen molar-refractivity contribution in [3.8, 4) is 0 Å². The lowest BCUT2D eigenvalue weighted by Crippen LogP contribution is -2.32. The summed E-state index contributed by atoms with van der Waals surface area (Å²) in [5, 5.41) is 8.90. The monoisotopic (exact) mass is 251 g/mol. The van der Waals surface area contributed by atoms with Gasteiger partial charge in [0.15, 0.2) is 0 Å². The average molecular weight is 251 g/mol. The van der Waals surface area contributed by atoms with Gasteiger partial charge in [-0.05, 0) is 32.9 Å². The van der Waals surface area contributed by atoms with Gasteiger partial charge in [-0.3, -0.25) is 4.90 Å². The molecular formula is C14H21NO3. The highest BCUT2D eigenvalue weighted by Crippen LogP contribution is 2.24. The molecule has 0 aliphatic heterocycles. The summed E-state index contributed by atoms with van der Waals surface area (Å²) in [6.07, 6.45) is 6.45. The molecule has 1 saturated carbocycles. The Morgan fingerprint density at radius 2 is 2.11 bits per heavy atom. The van der Waals surface area contributed by atoms with Crippen LogP contribution in [0.1, 0.15) is 54.0 Å². The largest absolute Gasteiger partial charge is 0.475 e. The van der Waals surface area contributed by atoms with E-state index in [2.05, 4.69) is 11.9 Å². The maximum absolute atomic E-state index is 10.8. The Kier molecular flexibility index (Phi) is 4.07. The Labute approximate surface area is 108 Å². The number of aromatic carboxylic acids is 1. The van der Waals surface area contributed by atoms with Crippen molar-refractivity contribution in [3.05, 3.63) is 23.2 Å². The van der Waals surface area contributed by atoms with Gasteiger partial charge in [0.1, 0.15) is 5.76 Å². The molecule has 1 fully saturated rings. The molecule has 4 heteroatoms. The second-order valence-electron chi connectivity index (χ2n) is 5.20. The summed E-state index contributed by atoms with van der Waals surface area (Å²) in [7, 11) is 2.11. The highest BCUT2D eigenvalue weighted by Gasteiger charge is 2.20. The molecule has 0 unspecified atom stereocenters. The van der Waals surface area contributed by atoms with Gasteiger partial charge < -0.3 is 9.52 Å². The van der Waals surface area contributed by atoms with Crippen LogP contribution >= 0.6 is 0 Å². The lowest BCUT2D eigenvalue weighted by molar-refractivity contribution is 0.0661. The third-order valence-corrected chi connectivity index (χ3v) is 3.85. The van der Waals surface area contributed by atoms with Crippen LogP contribution in [0.3, 0.4) is 0 Å². The van der Waals surface area contributed by atoms with E-state index in [1.54, 1.807) is 6.07 Å². The van der Waals surface area contributed by atoms with Crippen molar-refractivity contribution in [2.24, 2.45) is 0 Å². The molecule has 4 nitrogen and oxygen atoms in total. The first-order valence-corrected chi connectivity index (χ1v) is 6.61. The summed E-state index contributed by atoms with van der Waals surface area (Å²) in [6, 6.07) is 2.28. The molecule has 0 spiro atoms. The van der Waals surface area contributed by atoms with Gasteiger partial charge in [0.2, 0.25) is 5.76 Å². The quantitative estimate of drug-likeness (QED) is 0.893. The van der Waals surface area contributed by atoms with E-state index in [0.717, 1.165) is 17.9 Å². The highest BCUT2D eigenvalue weighted by atomic mass is 16.4. The van der Waals surface area contributed by atoms with Crippen molar-refractivity contribution in [2.45, 2.75) is 51.6 Å². The van der Waals surface area contributed by atoms with Gasteiger partial charge in [-0.2, -0.15) is 0 Å². The minimum Gasteiger partial charge on any atom is -0.475 e. The van der Waals surface area contributed by atoms with Gasteiger partial charge in [-0.15, -0.1) is 0 Å². The number of carboxylic acid groups (broad SMARTS) is 1. The molecule has 1 heterocycles. The first kappa shape index (κ1) is 13.1. The Hall–Kier alpha value is -1.29. The van der Waals surface area contributed by atoms with E-state index in [4.69, 9.17) is 9.52 Å². The van der Waals surface area contributed by atoms with Crippen molar-refractivity contribution >= 4 is 5.97 Å². The molecule has 0 bridgehead atoms. The van der Waals surface area contributed by atoms with Crippen LogP contribution in [0.15, 0.2) is 10.5 Å². The summed E-state index contributed by atoms with van der Waals surface area (Å²) in [4.78, 5) is 13.2. The molecule has 0 aromatic carbocycles. The van der Waals surface area contributed by atoms with E-state index >= 15 is 0 Å². The van der Waals surface area contributed by atoms with E-state index in [1.807, 2.05) is 6.92 Å². The van der Waals surface area contributed by atoms with Crippen LogP contribution in [-0.2, 0) is 6.54 Å². The van der Waals surface area contributed by atoms with Crippen LogP contribution in [-0.4, -0.2) is 29.1 Å². The smallest absolute Gasteiger partial charge is 0.371 e. The summed E-state index contributed by atoms with van der Waals surface area (Å²) in [5.74, 6) is -0.237. The Balaban J connectivity index is 2.01. The molecule has 1 aromatic rings. The maximum Gasteiger partial charge on any atom is 0.371 e. The van der Waals surface area contributed by atoms with Crippen LogP contribution in [0.4, 0.5) is 0 Å². The molecule has 1 N–H and O–H groups in total. The molecule has 0 radical (unpaired) electrons. The molecule has 0 saturated heterocycles. The van der Waals surface area contributed by atoms with Gasteiger partial charge in [0.25, 0.3) is 0 Å². The van der Waals surface area contributed by atoms with Crippen molar-refractivity contribution < 1.29 is 14.3 Å². The second-order valence-corrected chi connectivity index (χ2v) is 5.20. The van der Waals surface area contributed by atoms with Gasteiger partial charge in [0.05, 0.1) is 0 Å². The first-order chi connectivity index (χ1) is 8.58. The van der Waals surface area contributed by atoms with Gasteiger partial charge in [-0.25, -0.2) is 4.79 Å². The normalized spacial score (nSPS) is 17.3. The third kappa shape index (κ3) is 2.93. The average Bonchev–Trinajstić information content (AvgIpc) is 2.72. The molecule has 1 aliphatic carbocycles. The number of nitrogens with zero attached hydrogens (tertiary/aromatic N) is 1. The molecular weight excluding hydrogens is 230 g/mol. The number of aryl methyl sites for hydroxylation is 1. The van der Waals surface area contributed by atoms with Crippen molar-refractivity contribution in [1.29, 1.82) is 0 Å². The fourth-order valence-electron chi connectivity index (χ4n) is 2.70. The molecule has 100 valence electrons. The van der Waals surface area contributed by atoms with Crippen LogP contribution in [0.25, 0.3) is 0 Å². The molecule has 1 aromatic heterocycles. The predicted molar refractivity (Wildman–Crippen MR) is 68.7 cm³/mol. The van der Waals surface area contributed by atoms with Gasteiger partial charge >= 0.3 is 5.97 Å². The lowest BCUT2D eigenvalue weighted by Gasteiger charge is -2.30. The highest BCUT2D eigenvalue weighted by molar-refractivity contribution is 5.84. The summed E-state index contributed by atoms with van der Waals surface area (Å²) in [5.41, 5.74) is 0.987. The number of rotatable bonds is 4. The maximum atomic E-state index is 10.8. The van der Waals surface area contributed by atoms with Gasteiger partial charge in [-0.1, -0.05) is 19.3 Å². The van der Waals surface area contributed by atoms with Crippen LogP contribution < -0.4 is 0 Å². The third-order valence-electron chi connectivity index (χ3n) is 3.85. The molecule has 1 aliphatic rings. The Bertz CT molecular complexity index is 419. The summed E-state index contributed by atoms with van der Waals surface area (Å²) >= 11 is 0. The Morgan fingerprint density at radius 1 is 1.44 bits per heavy atom. The second kappa shape index (κ2) is 5.57. The molecule has 0 amide bonds. The topological polar surface area (TPSA) is 53.7 Å². The fraction of sp³-hybridized carbons (Fsp3) is 0.643. The lowest BCUT2D eigenvalue weighted by atomic mass is 9.94. The van der Waals surface area contributed by atoms with E-state index in [-0.39, 0.29) is 5.76 Å².